The largest absolute Gasteiger partial charge is 0.416 e. The summed E-state index contributed by atoms with van der Waals surface area (Å²) >= 11 is 6.48. The van der Waals surface area contributed by atoms with Crippen LogP contribution in [0.3, 0.4) is 0 Å². The predicted octanol–water partition coefficient (Wildman–Crippen LogP) is 5.76. The van der Waals surface area contributed by atoms with Gasteiger partial charge in [0.1, 0.15) is 5.02 Å². The number of fused-ring (bicyclic) bond motifs is 1. The highest BCUT2D eigenvalue weighted by molar-refractivity contribution is 6.32. The number of alkyl halides is 3. The molecular weight excluding hydrogens is 505 g/mol. The van der Waals surface area contributed by atoms with Crippen molar-refractivity contribution in [2.45, 2.75) is 69.2 Å². The molecule has 1 aliphatic heterocycles. The Labute approximate surface area is 219 Å². The van der Waals surface area contributed by atoms with Crippen molar-refractivity contribution in [1.29, 1.82) is 0 Å². The third-order valence-corrected chi connectivity index (χ3v) is 8.95. The minimum atomic E-state index is -4.34. The fraction of sp³-hybridized carbons (Fsp3) is 0.630. The lowest BCUT2D eigenvalue weighted by Crippen LogP contribution is -2.41. The summed E-state index contributed by atoms with van der Waals surface area (Å²) in [4.78, 5) is 15.4. The molecule has 3 atom stereocenters. The van der Waals surface area contributed by atoms with Crippen LogP contribution in [0.2, 0.25) is 5.02 Å². The Hall–Kier alpha value is -2.26. The van der Waals surface area contributed by atoms with Gasteiger partial charge >= 0.3 is 6.18 Å². The van der Waals surface area contributed by atoms with Crippen molar-refractivity contribution >= 4 is 23.0 Å². The summed E-state index contributed by atoms with van der Waals surface area (Å²) in [7, 11) is 0. The van der Waals surface area contributed by atoms with Gasteiger partial charge in [-0.05, 0) is 81.0 Å². The topological polar surface area (TPSA) is 59.4 Å². The Morgan fingerprint density at radius 1 is 1.05 bits per heavy atom. The van der Waals surface area contributed by atoms with E-state index in [1.54, 1.807) is 18.3 Å². The number of hydrogen-bond acceptors (Lipinski definition) is 5. The SMILES string of the molecule is O=c1c(Cl)c(NC[C@@H]2COCC3C[C@H]32)cnn1C1CCC(N(c2ccc(C(F)(F)F)cc2)C2CC2)CC1. The highest BCUT2D eigenvalue weighted by Crippen LogP contribution is 2.47. The third-order valence-electron chi connectivity index (χ3n) is 8.58. The first kappa shape index (κ1) is 25.0. The monoisotopic (exact) mass is 536 g/mol. The summed E-state index contributed by atoms with van der Waals surface area (Å²) in [6.07, 6.45) is 3.89. The zero-order valence-corrected chi connectivity index (χ0v) is 21.3. The fourth-order valence-corrected chi connectivity index (χ4v) is 6.49. The minimum Gasteiger partial charge on any atom is -0.382 e. The van der Waals surface area contributed by atoms with Crippen LogP contribution in [0.25, 0.3) is 0 Å². The maximum atomic E-state index is 13.1. The smallest absolute Gasteiger partial charge is 0.382 e. The standard InChI is InChI=1S/C27H32ClF3N4O2/c28-25-24(32-12-17-15-37-14-16-11-23(16)17)13-33-35(26(25)36)22-9-7-21(8-10-22)34(20-5-6-20)19-3-1-18(2-4-19)27(29,30)31/h1-4,13,16-17,20-23,32H,5-12,14-15H2/t16?,17-,21?,22?,23-/m1/s1. The number of rotatable bonds is 7. The molecule has 1 aromatic heterocycles. The van der Waals surface area contributed by atoms with E-state index >= 15 is 0 Å². The van der Waals surface area contributed by atoms with Crippen molar-refractivity contribution in [3.8, 4) is 0 Å². The van der Waals surface area contributed by atoms with Gasteiger partial charge in [-0.2, -0.15) is 18.3 Å². The van der Waals surface area contributed by atoms with Crippen molar-refractivity contribution < 1.29 is 17.9 Å². The first-order chi connectivity index (χ1) is 17.8. The molecular formula is C27H32ClF3N4O2. The van der Waals surface area contributed by atoms with Crippen LogP contribution < -0.4 is 15.8 Å². The molecule has 1 N–H and O–H groups in total. The van der Waals surface area contributed by atoms with Crippen molar-refractivity contribution in [2.24, 2.45) is 17.8 Å². The number of hydrogen-bond donors (Lipinski definition) is 1. The zero-order chi connectivity index (χ0) is 25.7. The molecule has 6 nitrogen and oxygen atoms in total. The molecule has 0 bridgehead atoms. The molecule has 37 heavy (non-hydrogen) atoms. The molecule has 2 aromatic rings. The Morgan fingerprint density at radius 2 is 1.73 bits per heavy atom. The molecule has 1 aromatic carbocycles. The van der Waals surface area contributed by atoms with Gasteiger partial charge in [-0.1, -0.05) is 11.6 Å². The van der Waals surface area contributed by atoms with Gasteiger partial charge in [0.05, 0.1) is 30.1 Å². The van der Waals surface area contributed by atoms with Gasteiger partial charge in [0.15, 0.2) is 0 Å². The second kappa shape index (κ2) is 9.80. The highest BCUT2D eigenvalue weighted by Gasteiger charge is 2.46. The lowest BCUT2D eigenvalue weighted by atomic mass is 9.89. The van der Waals surface area contributed by atoms with Crippen molar-refractivity contribution in [3.63, 3.8) is 0 Å². The Morgan fingerprint density at radius 3 is 2.38 bits per heavy atom. The Kier molecular flexibility index (Phi) is 6.63. The first-order valence-corrected chi connectivity index (χ1v) is 13.7. The molecule has 3 aliphatic carbocycles. The summed E-state index contributed by atoms with van der Waals surface area (Å²) in [5.74, 6) is 1.83. The molecule has 1 saturated heterocycles. The molecule has 1 unspecified atom stereocenters. The summed E-state index contributed by atoms with van der Waals surface area (Å²) < 4.78 is 46.2. The molecule has 3 saturated carbocycles. The minimum absolute atomic E-state index is 0.0390. The van der Waals surface area contributed by atoms with Crippen LogP contribution in [0.1, 0.15) is 56.6 Å². The molecule has 10 heteroatoms. The fourth-order valence-electron chi connectivity index (χ4n) is 6.29. The molecule has 0 radical (unpaired) electrons. The molecule has 2 heterocycles. The number of halogens is 4. The zero-order valence-electron chi connectivity index (χ0n) is 20.6. The van der Waals surface area contributed by atoms with E-state index in [4.69, 9.17) is 16.3 Å². The van der Waals surface area contributed by atoms with E-state index in [1.807, 2.05) is 0 Å². The van der Waals surface area contributed by atoms with Crippen LogP contribution in [0.5, 0.6) is 0 Å². The maximum absolute atomic E-state index is 13.1. The van der Waals surface area contributed by atoms with Crippen LogP contribution >= 0.6 is 11.6 Å². The molecule has 4 fully saturated rings. The van der Waals surface area contributed by atoms with Gasteiger partial charge in [-0.25, -0.2) is 4.68 Å². The van der Waals surface area contributed by atoms with Crippen LogP contribution in [-0.4, -0.2) is 41.6 Å². The molecule has 200 valence electrons. The summed E-state index contributed by atoms with van der Waals surface area (Å²) in [5, 5.41) is 7.96. The second-order valence-corrected chi connectivity index (χ2v) is 11.5. The van der Waals surface area contributed by atoms with Crippen LogP contribution in [-0.2, 0) is 10.9 Å². The molecule has 4 aliphatic rings. The van der Waals surface area contributed by atoms with Crippen LogP contribution in [0, 0.1) is 17.8 Å². The number of nitrogens with one attached hydrogen (secondary N) is 1. The lowest BCUT2D eigenvalue weighted by Gasteiger charge is -2.39. The molecule has 0 spiro atoms. The lowest BCUT2D eigenvalue weighted by molar-refractivity contribution is -0.137. The van der Waals surface area contributed by atoms with E-state index in [9.17, 15) is 18.0 Å². The van der Waals surface area contributed by atoms with E-state index in [0.29, 0.717) is 29.5 Å². The third kappa shape index (κ3) is 5.21. The van der Waals surface area contributed by atoms with Crippen molar-refractivity contribution in [1.82, 2.24) is 9.78 Å². The summed E-state index contributed by atoms with van der Waals surface area (Å²) in [6, 6.07) is 6.09. The number of benzene rings is 1. The summed E-state index contributed by atoms with van der Waals surface area (Å²) in [5.41, 5.74) is 0.510. The van der Waals surface area contributed by atoms with Crippen LogP contribution in [0.4, 0.5) is 24.5 Å². The van der Waals surface area contributed by atoms with E-state index in [2.05, 4.69) is 15.3 Å². The predicted molar refractivity (Wildman–Crippen MR) is 136 cm³/mol. The second-order valence-electron chi connectivity index (χ2n) is 11.1. The average molecular weight is 537 g/mol. The van der Waals surface area contributed by atoms with Gasteiger partial charge in [-0.15, -0.1) is 0 Å². The van der Waals surface area contributed by atoms with Crippen molar-refractivity contribution in [3.05, 3.63) is 51.4 Å². The Balaban J connectivity index is 1.09. The summed E-state index contributed by atoms with van der Waals surface area (Å²) in [6.45, 7) is 2.33. The molecule has 0 amide bonds. The van der Waals surface area contributed by atoms with E-state index in [-0.39, 0.29) is 22.7 Å². The Bertz CT molecular complexity index is 1180. The van der Waals surface area contributed by atoms with Gasteiger partial charge in [0.25, 0.3) is 5.56 Å². The van der Waals surface area contributed by atoms with Gasteiger partial charge < -0.3 is 15.0 Å². The molecule has 6 rings (SSSR count). The highest BCUT2D eigenvalue weighted by atomic mass is 35.5. The number of ether oxygens (including phenoxy) is 1. The van der Waals surface area contributed by atoms with Gasteiger partial charge in [0, 0.05) is 36.8 Å². The number of aromatic nitrogens is 2. The number of anilines is 2. The van der Waals surface area contributed by atoms with Crippen molar-refractivity contribution in [2.75, 3.05) is 30.0 Å². The normalized spacial score (nSPS) is 29.5. The quantitative estimate of drug-likeness (QED) is 0.487. The maximum Gasteiger partial charge on any atom is 0.416 e. The average Bonchev–Trinajstić information content (AvgIpc) is 3.81. The van der Waals surface area contributed by atoms with Gasteiger partial charge in [-0.3, -0.25) is 4.79 Å². The van der Waals surface area contributed by atoms with E-state index in [1.165, 1.54) is 23.2 Å². The number of nitrogens with zero attached hydrogens (tertiary/aromatic N) is 3. The van der Waals surface area contributed by atoms with E-state index in [0.717, 1.165) is 64.0 Å². The first-order valence-electron chi connectivity index (χ1n) is 13.3. The van der Waals surface area contributed by atoms with Crippen LogP contribution in [0.15, 0.2) is 35.3 Å². The van der Waals surface area contributed by atoms with Gasteiger partial charge in [0.2, 0.25) is 0 Å². The van der Waals surface area contributed by atoms with E-state index < -0.39 is 11.7 Å².